The van der Waals surface area contributed by atoms with E-state index in [1.54, 1.807) is 0 Å². The van der Waals surface area contributed by atoms with Crippen LogP contribution in [0.4, 0.5) is 0 Å². The second kappa shape index (κ2) is 3.46. The highest BCUT2D eigenvalue weighted by Crippen LogP contribution is 2.25. The van der Waals surface area contributed by atoms with Crippen molar-refractivity contribution in [2.75, 3.05) is 0 Å². The molecule has 14 heavy (non-hydrogen) atoms. The molecule has 0 unspecified atom stereocenters. The van der Waals surface area contributed by atoms with Gasteiger partial charge in [-0.2, -0.15) is 0 Å². The van der Waals surface area contributed by atoms with E-state index in [2.05, 4.69) is 4.98 Å². The first-order chi connectivity index (χ1) is 6.72. The number of benzene rings is 1. The van der Waals surface area contributed by atoms with E-state index in [-0.39, 0.29) is 0 Å². The van der Waals surface area contributed by atoms with Crippen molar-refractivity contribution in [3.8, 4) is 0 Å². The standard InChI is InChI=1S/C11H10ClNO/c1-7-10(12)3-2-8-6-9(4-5-14)13-11(7)8/h2-3,5-6,13H,4H2,1H3. The van der Waals surface area contributed by atoms with Crippen LogP contribution in [0.15, 0.2) is 18.2 Å². The normalized spacial score (nSPS) is 10.7. The van der Waals surface area contributed by atoms with Crippen molar-refractivity contribution in [2.45, 2.75) is 13.3 Å². The van der Waals surface area contributed by atoms with Crippen LogP contribution >= 0.6 is 11.6 Å². The molecule has 0 amide bonds. The number of hydrogen-bond donors (Lipinski definition) is 1. The van der Waals surface area contributed by atoms with Gasteiger partial charge in [0.15, 0.2) is 0 Å². The van der Waals surface area contributed by atoms with Crippen LogP contribution in [0.25, 0.3) is 10.9 Å². The van der Waals surface area contributed by atoms with E-state index in [0.717, 1.165) is 33.5 Å². The van der Waals surface area contributed by atoms with E-state index in [4.69, 9.17) is 11.6 Å². The summed E-state index contributed by atoms with van der Waals surface area (Å²) in [5.41, 5.74) is 2.98. The van der Waals surface area contributed by atoms with Gasteiger partial charge in [0.1, 0.15) is 6.29 Å². The van der Waals surface area contributed by atoms with Gasteiger partial charge in [-0.25, -0.2) is 0 Å². The van der Waals surface area contributed by atoms with E-state index in [9.17, 15) is 4.79 Å². The SMILES string of the molecule is Cc1c(Cl)ccc2cc(CC=O)[nH]c12. The van der Waals surface area contributed by atoms with Crippen molar-refractivity contribution >= 4 is 28.8 Å². The molecule has 1 heterocycles. The summed E-state index contributed by atoms with van der Waals surface area (Å²) in [5.74, 6) is 0. The predicted octanol–water partition coefficient (Wildman–Crippen LogP) is 2.87. The molecule has 0 bridgehead atoms. The summed E-state index contributed by atoms with van der Waals surface area (Å²) in [6, 6.07) is 5.81. The van der Waals surface area contributed by atoms with Crippen LogP contribution in [-0.4, -0.2) is 11.3 Å². The Bertz CT molecular complexity index is 487. The fourth-order valence-corrected chi connectivity index (χ4v) is 1.73. The molecule has 1 N–H and O–H groups in total. The van der Waals surface area contributed by atoms with Crippen molar-refractivity contribution in [3.63, 3.8) is 0 Å². The third kappa shape index (κ3) is 1.42. The maximum absolute atomic E-state index is 10.4. The number of fused-ring (bicyclic) bond motifs is 1. The highest BCUT2D eigenvalue weighted by Gasteiger charge is 2.05. The Morgan fingerprint density at radius 3 is 3.00 bits per heavy atom. The topological polar surface area (TPSA) is 32.9 Å². The van der Waals surface area contributed by atoms with Gasteiger partial charge in [-0.3, -0.25) is 0 Å². The Hall–Kier alpha value is -1.28. The zero-order valence-corrected chi connectivity index (χ0v) is 8.56. The molecule has 2 nitrogen and oxygen atoms in total. The predicted molar refractivity (Wildman–Crippen MR) is 57.8 cm³/mol. The first kappa shape index (κ1) is 9.28. The van der Waals surface area contributed by atoms with E-state index in [1.165, 1.54) is 0 Å². The number of H-pyrrole nitrogens is 1. The first-order valence-electron chi connectivity index (χ1n) is 4.42. The molecule has 2 rings (SSSR count). The smallest absolute Gasteiger partial charge is 0.125 e. The quantitative estimate of drug-likeness (QED) is 0.755. The largest absolute Gasteiger partial charge is 0.358 e. The number of carbonyl (C=O) groups excluding carboxylic acids is 1. The molecule has 0 aliphatic rings. The Balaban J connectivity index is 2.64. The molecule has 72 valence electrons. The van der Waals surface area contributed by atoms with Crippen molar-refractivity contribution < 1.29 is 4.79 Å². The molecular weight excluding hydrogens is 198 g/mol. The van der Waals surface area contributed by atoms with Gasteiger partial charge in [0.25, 0.3) is 0 Å². The lowest BCUT2D eigenvalue weighted by molar-refractivity contribution is -0.107. The van der Waals surface area contributed by atoms with Crippen LogP contribution in [-0.2, 0) is 11.2 Å². The number of aldehydes is 1. The number of hydrogen-bond acceptors (Lipinski definition) is 1. The molecule has 0 radical (unpaired) electrons. The number of nitrogens with one attached hydrogen (secondary N) is 1. The van der Waals surface area contributed by atoms with Crippen molar-refractivity contribution in [1.29, 1.82) is 0 Å². The molecule has 0 aliphatic carbocycles. The molecule has 0 fully saturated rings. The van der Waals surface area contributed by atoms with Gasteiger partial charge >= 0.3 is 0 Å². The third-order valence-electron chi connectivity index (χ3n) is 2.35. The van der Waals surface area contributed by atoms with Crippen molar-refractivity contribution in [2.24, 2.45) is 0 Å². The molecule has 0 saturated carbocycles. The van der Waals surface area contributed by atoms with Crippen molar-refractivity contribution in [3.05, 3.63) is 34.5 Å². The Kier molecular flexibility index (Phi) is 2.30. The Labute approximate surface area is 86.9 Å². The van der Waals surface area contributed by atoms with Gasteiger partial charge in [-0.15, -0.1) is 0 Å². The zero-order valence-electron chi connectivity index (χ0n) is 7.80. The molecular formula is C11H10ClNO. The number of carbonyl (C=O) groups is 1. The number of aromatic nitrogens is 1. The minimum Gasteiger partial charge on any atom is -0.358 e. The molecule has 1 aromatic heterocycles. The van der Waals surface area contributed by atoms with Crippen LogP contribution in [0, 0.1) is 6.92 Å². The lowest BCUT2D eigenvalue weighted by Crippen LogP contribution is -1.84. The number of halogens is 1. The highest BCUT2D eigenvalue weighted by molar-refractivity contribution is 6.32. The van der Waals surface area contributed by atoms with Crippen LogP contribution in [0.3, 0.4) is 0 Å². The summed E-state index contributed by atoms with van der Waals surface area (Å²) in [6.45, 7) is 1.96. The number of rotatable bonds is 2. The summed E-state index contributed by atoms with van der Waals surface area (Å²) in [7, 11) is 0. The van der Waals surface area contributed by atoms with Crippen LogP contribution < -0.4 is 0 Å². The van der Waals surface area contributed by atoms with Crippen LogP contribution in [0.2, 0.25) is 5.02 Å². The maximum atomic E-state index is 10.4. The van der Waals surface area contributed by atoms with Crippen LogP contribution in [0.5, 0.6) is 0 Å². The molecule has 0 aliphatic heterocycles. The van der Waals surface area contributed by atoms with E-state index >= 15 is 0 Å². The van der Waals surface area contributed by atoms with Gasteiger partial charge in [0.05, 0.1) is 5.52 Å². The summed E-state index contributed by atoms with van der Waals surface area (Å²) >= 11 is 5.98. The molecule has 0 spiro atoms. The van der Waals surface area contributed by atoms with Crippen LogP contribution in [0.1, 0.15) is 11.3 Å². The van der Waals surface area contributed by atoms with Gasteiger partial charge in [0.2, 0.25) is 0 Å². The van der Waals surface area contributed by atoms with Crippen molar-refractivity contribution in [1.82, 2.24) is 4.98 Å². The minimum atomic E-state index is 0.422. The summed E-state index contributed by atoms with van der Waals surface area (Å²) in [6.07, 6.45) is 1.31. The highest BCUT2D eigenvalue weighted by atomic mass is 35.5. The fraction of sp³-hybridized carbons (Fsp3) is 0.182. The monoisotopic (exact) mass is 207 g/mol. The Morgan fingerprint density at radius 1 is 1.50 bits per heavy atom. The van der Waals surface area contributed by atoms with E-state index < -0.39 is 0 Å². The lowest BCUT2D eigenvalue weighted by Gasteiger charge is -1.98. The number of aryl methyl sites for hydroxylation is 1. The minimum absolute atomic E-state index is 0.422. The van der Waals surface area contributed by atoms with E-state index in [0.29, 0.717) is 6.42 Å². The van der Waals surface area contributed by atoms with Gasteiger partial charge < -0.3 is 9.78 Å². The Morgan fingerprint density at radius 2 is 2.29 bits per heavy atom. The third-order valence-corrected chi connectivity index (χ3v) is 2.76. The molecule has 1 aromatic carbocycles. The maximum Gasteiger partial charge on any atom is 0.125 e. The fourth-order valence-electron chi connectivity index (χ4n) is 1.58. The average Bonchev–Trinajstić information content (AvgIpc) is 2.56. The number of aromatic amines is 1. The van der Waals surface area contributed by atoms with E-state index in [1.807, 2.05) is 25.1 Å². The van der Waals surface area contributed by atoms with Gasteiger partial charge in [-0.1, -0.05) is 17.7 Å². The summed E-state index contributed by atoms with van der Waals surface area (Å²) in [5, 5.41) is 1.85. The first-order valence-corrected chi connectivity index (χ1v) is 4.80. The van der Waals surface area contributed by atoms with Gasteiger partial charge in [-0.05, 0) is 24.6 Å². The molecule has 0 saturated heterocycles. The summed E-state index contributed by atoms with van der Waals surface area (Å²) < 4.78 is 0. The second-order valence-electron chi connectivity index (χ2n) is 3.30. The lowest BCUT2D eigenvalue weighted by atomic mass is 10.1. The van der Waals surface area contributed by atoms with Gasteiger partial charge in [0, 0.05) is 22.5 Å². The average molecular weight is 208 g/mol. The second-order valence-corrected chi connectivity index (χ2v) is 3.71. The molecule has 2 aromatic rings. The molecule has 0 atom stereocenters. The zero-order chi connectivity index (χ0) is 10.1. The summed E-state index contributed by atoms with van der Waals surface area (Å²) in [4.78, 5) is 13.5. The molecule has 3 heteroatoms.